The molecule has 106 heavy (non-hydrogen) atoms. The molecule has 19 heteroatoms. The second-order valence-electron chi connectivity index (χ2n) is 26.3. The maximum atomic E-state index is 13.1. The van der Waals surface area contributed by atoms with E-state index in [0.717, 1.165) is 122 Å². The van der Waals surface area contributed by atoms with Gasteiger partial charge >= 0.3 is 39.5 Å². The topological polar surface area (TPSA) is 237 Å². The maximum absolute atomic E-state index is 13.1. The Bertz CT molecular complexity index is 2680. The number of hydrogen-bond donors (Lipinski definition) is 3. The third-order valence-corrected chi connectivity index (χ3v) is 18.0. The molecule has 0 aliphatic rings. The Morgan fingerprint density at radius 1 is 0.264 bits per heavy atom. The van der Waals surface area contributed by atoms with Gasteiger partial charge in [-0.15, -0.1) is 0 Å². The molecule has 5 atom stereocenters. The number of phosphoric ester groups is 2. The summed E-state index contributed by atoms with van der Waals surface area (Å²) >= 11 is 0. The molecule has 0 amide bonds. The standard InChI is InChI=1S/C87H142O17P2/c1-5-9-13-17-21-25-29-33-37-40-44-47-51-55-59-63-67-71-84(89)97-77-82(103-86(91)73-69-65-61-57-53-49-43-36-32-28-24-20-16-12-8-4)79-101-105(93,94)99-75-81(88)76-100-106(95,96)102-80-83(104-87(92)74-70-66-62-58-54-50-46-42-39-35-31-27-23-19-15-11-7-3)78-98-85(90)72-68-64-60-56-52-48-45-41-38-34-30-26-22-18-14-10-6-2/h21-28,33-39,43-48,50,55-56,58-60,62,81-83,88H,5-20,29-32,40-42,49,51-54,57,61,63-80H2,1-4H3,(H,93,94)(H,95,96)/b25-21-,26-22-,27-23-,28-24-,37-33-,38-34-,39-35-,43-36-,47-44-,48-45-,50-46-,59-55-,60-56-,62-58-/t81-,82+,83+/m0/s1. The molecule has 0 spiro atoms. The molecule has 0 saturated heterocycles. The number of esters is 4. The highest BCUT2D eigenvalue weighted by atomic mass is 31.2. The first kappa shape index (κ1) is 100. The van der Waals surface area contributed by atoms with Crippen molar-refractivity contribution >= 4 is 39.5 Å². The minimum atomic E-state index is -5.02. The number of ether oxygens (including phenoxy) is 4. The number of hydrogen-bond acceptors (Lipinski definition) is 15. The number of rotatable bonds is 74. The molecule has 3 N–H and O–H groups in total. The Morgan fingerprint density at radius 3 is 0.745 bits per heavy atom. The van der Waals surface area contributed by atoms with E-state index in [2.05, 4.69) is 161 Å². The molecule has 0 fully saturated rings. The largest absolute Gasteiger partial charge is 0.472 e. The van der Waals surface area contributed by atoms with Crippen LogP contribution in [0.3, 0.4) is 0 Å². The van der Waals surface area contributed by atoms with E-state index in [1.54, 1.807) is 0 Å². The van der Waals surface area contributed by atoms with Crippen LogP contribution < -0.4 is 0 Å². The van der Waals surface area contributed by atoms with Gasteiger partial charge in [-0.25, -0.2) is 9.13 Å². The average molecular weight is 1520 g/mol. The SMILES string of the molecule is CCCCC/C=C\C/C=C\C/C=C\C/C=C\CCCC(=O)OC[C@H](COP(=O)(O)OC[C@@H](O)COP(=O)(O)OC[C@@H](COC(=O)CCC/C=C\C/C=C\C/C=C\C/C=C\CCCCC)OC(=O)CCCCCCC/C=C\C/C=C\CCCCC)OC(=O)CCC/C=C\C/C=C\C/C=C\C/C=C\CCCCC. The van der Waals surface area contributed by atoms with Crippen LogP contribution in [-0.2, 0) is 65.4 Å². The second-order valence-corrected chi connectivity index (χ2v) is 29.2. The summed E-state index contributed by atoms with van der Waals surface area (Å²) in [5, 5.41) is 10.6. The van der Waals surface area contributed by atoms with Gasteiger partial charge in [-0.1, -0.05) is 268 Å². The summed E-state index contributed by atoms with van der Waals surface area (Å²) < 4.78 is 68.4. The van der Waals surface area contributed by atoms with Crippen LogP contribution in [-0.4, -0.2) is 96.7 Å². The lowest BCUT2D eigenvalue weighted by Gasteiger charge is -2.21. The predicted octanol–water partition coefficient (Wildman–Crippen LogP) is 23.8. The monoisotopic (exact) mass is 1520 g/mol. The van der Waals surface area contributed by atoms with Crippen molar-refractivity contribution in [3.05, 3.63) is 170 Å². The Balaban J connectivity index is 5.55. The Morgan fingerprint density at radius 2 is 0.472 bits per heavy atom. The minimum Gasteiger partial charge on any atom is -0.462 e. The minimum absolute atomic E-state index is 0.0000266. The smallest absolute Gasteiger partial charge is 0.462 e. The zero-order chi connectivity index (χ0) is 77.4. The van der Waals surface area contributed by atoms with Gasteiger partial charge < -0.3 is 33.8 Å². The predicted molar refractivity (Wildman–Crippen MR) is 436 cm³/mol. The Kier molecular flexibility index (Phi) is 73.5. The van der Waals surface area contributed by atoms with Crippen LogP contribution >= 0.6 is 15.6 Å². The van der Waals surface area contributed by atoms with Gasteiger partial charge in [0.2, 0.25) is 0 Å². The van der Waals surface area contributed by atoms with Gasteiger partial charge in [-0.05, 0) is 173 Å². The van der Waals surface area contributed by atoms with Gasteiger partial charge in [0.05, 0.1) is 26.4 Å². The van der Waals surface area contributed by atoms with Gasteiger partial charge in [0.25, 0.3) is 0 Å². The van der Waals surface area contributed by atoms with Crippen LogP contribution in [0.25, 0.3) is 0 Å². The van der Waals surface area contributed by atoms with Crippen molar-refractivity contribution in [1.82, 2.24) is 0 Å². The molecule has 0 aliphatic heterocycles. The fourth-order valence-corrected chi connectivity index (χ4v) is 11.5. The number of phosphoric acid groups is 2. The molecular formula is C87H142O17P2. The molecule has 602 valence electrons. The van der Waals surface area contributed by atoms with E-state index in [9.17, 15) is 43.2 Å². The molecule has 0 aromatic heterocycles. The molecular weight excluding hydrogens is 1380 g/mol. The third kappa shape index (κ3) is 76.6. The van der Waals surface area contributed by atoms with E-state index in [1.807, 2.05) is 36.5 Å². The molecule has 0 aliphatic carbocycles. The Labute approximate surface area is 642 Å². The van der Waals surface area contributed by atoms with E-state index >= 15 is 0 Å². The molecule has 0 bridgehead atoms. The zero-order valence-electron chi connectivity index (χ0n) is 65.8. The van der Waals surface area contributed by atoms with Crippen LogP contribution in [0.1, 0.15) is 297 Å². The summed E-state index contributed by atoms with van der Waals surface area (Å²) in [6.45, 7) is 4.54. The normalized spacial score (nSPS) is 14.7. The first-order valence-electron chi connectivity index (χ1n) is 40.4. The van der Waals surface area contributed by atoms with Crippen LogP contribution in [0.15, 0.2) is 170 Å². The first-order chi connectivity index (χ1) is 51.7. The zero-order valence-corrected chi connectivity index (χ0v) is 67.6. The highest BCUT2D eigenvalue weighted by molar-refractivity contribution is 7.47. The lowest BCUT2D eigenvalue weighted by Crippen LogP contribution is -2.30. The summed E-state index contributed by atoms with van der Waals surface area (Å²) in [6, 6.07) is 0. The van der Waals surface area contributed by atoms with Crippen molar-refractivity contribution in [3.8, 4) is 0 Å². The second kappa shape index (κ2) is 77.6. The number of aliphatic hydroxyl groups is 1. The van der Waals surface area contributed by atoms with Crippen molar-refractivity contribution in [2.45, 2.75) is 316 Å². The van der Waals surface area contributed by atoms with Gasteiger partial charge in [0.1, 0.15) is 19.3 Å². The van der Waals surface area contributed by atoms with Crippen LogP contribution in [0.5, 0.6) is 0 Å². The van der Waals surface area contributed by atoms with E-state index in [4.69, 9.17) is 37.0 Å². The summed E-state index contributed by atoms with van der Waals surface area (Å²) in [5.74, 6) is -2.40. The molecule has 0 aromatic carbocycles. The van der Waals surface area contributed by atoms with E-state index in [1.165, 1.54) is 77.0 Å². The van der Waals surface area contributed by atoms with Crippen molar-refractivity contribution in [2.24, 2.45) is 0 Å². The highest BCUT2D eigenvalue weighted by Crippen LogP contribution is 2.45. The summed E-state index contributed by atoms with van der Waals surface area (Å²) in [6.07, 6.45) is 92.1. The molecule has 0 heterocycles. The summed E-state index contributed by atoms with van der Waals surface area (Å²) in [4.78, 5) is 73.0. The van der Waals surface area contributed by atoms with Crippen molar-refractivity contribution in [1.29, 1.82) is 0 Å². The van der Waals surface area contributed by atoms with Gasteiger partial charge in [0.15, 0.2) is 12.2 Å². The van der Waals surface area contributed by atoms with Crippen LogP contribution in [0.4, 0.5) is 0 Å². The lowest BCUT2D eigenvalue weighted by molar-refractivity contribution is -0.161. The number of aliphatic hydroxyl groups excluding tert-OH is 1. The van der Waals surface area contributed by atoms with Crippen molar-refractivity contribution in [3.63, 3.8) is 0 Å². The molecule has 0 rings (SSSR count). The molecule has 17 nitrogen and oxygen atoms in total. The van der Waals surface area contributed by atoms with Gasteiger partial charge in [0, 0.05) is 25.7 Å². The van der Waals surface area contributed by atoms with Crippen molar-refractivity contribution < 1.29 is 80.2 Å². The van der Waals surface area contributed by atoms with Crippen LogP contribution in [0.2, 0.25) is 0 Å². The number of allylic oxidation sites excluding steroid dienone is 28. The van der Waals surface area contributed by atoms with Crippen molar-refractivity contribution in [2.75, 3.05) is 39.6 Å². The van der Waals surface area contributed by atoms with E-state index in [-0.39, 0.29) is 25.7 Å². The average Bonchev–Trinajstić information content (AvgIpc) is 0.902. The Hall–Kier alpha value is -5.58. The fraction of sp³-hybridized carbons (Fsp3) is 0.632. The number of unbranched alkanes of at least 4 members (excludes halogenated alkanes) is 20. The molecule has 0 radical (unpaired) electrons. The van der Waals surface area contributed by atoms with Gasteiger partial charge in [-0.3, -0.25) is 37.3 Å². The highest BCUT2D eigenvalue weighted by Gasteiger charge is 2.30. The maximum Gasteiger partial charge on any atom is 0.472 e. The van der Waals surface area contributed by atoms with E-state index < -0.39 is 97.5 Å². The number of carbonyl (C=O) groups excluding carboxylic acids is 4. The quantitative estimate of drug-likeness (QED) is 0.0169. The van der Waals surface area contributed by atoms with Crippen LogP contribution in [0, 0.1) is 0 Å². The third-order valence-electron chi connectivity index (χ3n) is 16.1. The van der Waals surface area contributed by atoms with Gasteiger partial charge in [-0.2, -0.15) is 0 Å². The molecule has 0 saturated carbocycles. The fourth-order valence-electron chi connectivity index (χ4n) is 9.93. The molecule has 2 unspecified atom stereocenters. The first-order valence-corrected chi connectivity index (χ1v) is 43.4. The summed E-state index contributed by atoms with van der Waals surface area (Å²) in [5.41, 5.74) is 0. The number of carbonyl (C=O) groups is 4. The molecule has 0 aromatic rings. The summed E-state index contributed by atoms with van der Waals surface area (Å²) in [7, 11) is -10.0. The lowest BCUT2D eigenvalue weighted by atomic mass is 10.1. The van der Waals surface area contributed by atoms with E-state index in [0.29, 0.717) is 44.9 Å².